The van der Waals surface area contributed by atoms with Gasteiger partial charge in [0.2, 0.25) is 11.8 Å². The van der Waals surface area contributed by atoms with E-state index in [0.717, 1.165) is 22.3 Å². The molecule has 0 radical (unpaired) electrons. The van der Waals surface area contributed by atoms with Gasteiger partial charge in [0.05, 0.1) is 24.8 Å². The Kier molecular flexibility index (Phi) is 8.59. The second kappa shape index (κ2) is 12.6. The zero-order chi connectivity index (χ0) is 32.6. The molecule has 0 saturated carbocycles. The van der Waals surface area contributed by atoms with E-state index in [1.54, 1.807) is 9.80 Å². The van der Waals surface area contributed by atoms with Crippen molar-refractivity contribution in [1.82, 2.24) is 9.80 Å². The maximum atomic E-state index is 14.9. The molecule has 3 amide bonds. The standard InChI is InChI=1S/C37H41N3O6/c1-37(2,3)23-46-36(45)40-29-16-10-9-14-26(29)20-32(40)35(44)39-30(24-11-5-4-6-12-24)17-18-31(39)34(43)38-22-27-15-8-7-13-25(27)19-28(38)21-33(41)42/h4-16,28,30-32H,17-23H2,1-3H3,(H,41,42)/t28-,30+,31-,32-/m1/s1. The molecule has 3 aromatic carbocycles. The number of amides is 3. The Labute approximate surface area is 269 Å². The number of carboxylic acids is 1. The van der Waals surface area contributed by atoms with Crippen molar-refractivity contribution in [2.45, 2.75) is 83.6 Å². The summed E-state index contributed by atoms with van der Waals surface area (Å²) in [6.45, 7) is 6.39. The summed E-state index contributed by atoms with van der Waals surface area (Å²) in [7, 11) is 0. The van der Waals surface area contributed by atoms with Gasteiger partial charge in [-0.1, -0.05) is 93.6 Å². The molecular weight excluding hydrogens is 582 g/mol. The van der Waals surface area contributed by atoms with E-state index in [1.165, 1.54) is 4.90 Å². The molecule has 0 unspecified atom stereocenters. The predicted molar refractivity (Wildman–Crippen MR) is 173 cm³/mol. The van der Waals surface area contributed by atoms with Gasteiger partial charge in [0.1, 0.15) is 12.1 Å². The first-order chi connectivity index (χ1) is 22.0. The van der Waals surface area contributed by atoms with Crippen molar-refractivity contribution in [2.75, 3.05) is 11.5 Å². The summed E-state index contributed by atoms with van der Waals surface area (Å²) in [6.07, 6.45) is 0.948. The number of likely N-dealkylation sites (tertiary alicyclic amines) is 1. The van der Waals surface area contributed by atoms with E-state index < -0.39 is 30.2 Å². The number of hydrogen-bond acceptors (Lipinski definition) is 5. The minimum atomic E-state index is -0.975. The van der Waals surface area contributed by atoms with Crippen LogP contribution in [0.25, 0.3) is 0 Å². The van der Waals surface area contributed by atoms with Gasteiger partial charge < -0.3 is 19.6 Å². The average molecular weight is 624 g/mol. The maximum absolute atomic E-state index is 14.9. The molecule has 0 aliphatic carbocycles. The maximum Gasteiger partial charge on any atom is 0.415 e. The van der Waals surface area contributed by atoms with E-state index in [2.05, 4.69) is 0 Å². The van der Waals surface area contributed by atoms with Gasteiger partial charge in [0, 0.05) is 19.0 Å². The van der Waals surface area contributed by atoms with Crippen LogP contribution in [0, 0.1) is 5.41 Å². The Morgan fingerprint density at radius 2 is 1.43 bits per heavy atom. The van der Waals surface area contributed by atoms with Crippen LogP contribution in [0.1, 0.15) is 68.3 Å². The van der Waals surface area contributed by atoms with Crippen LogP contribution in [0.5, 0.6) is 0 Å². The van der Waals surface area contributed by atoms with Crippen LogP contribution < -0.4 is 4.90 Å². The summed E-state index contributed by atoms with van der Waals surface area (Å²) in [5, 5.41) is 9.76. The molecule has 1 fully saturated rings. The van der Waals surface area contributed by atoms with Crippen molar-refractivity contribution in [1.29, 1.82) is 0 Å². The van der Waals surface area contributed by atoms with Crippen LogP contribution in [0.15, 0.2) is 78.9 Å². The number of carbonyl (C=O) groups is 4. The molecule has 3 heterocycles. The van der Waals surface area contributed by atoms with Gasteiger partial charge in [-0.05, 0) is 53.0 Å². The lowest BCUT2D eigenvalue weighted by Gasteiger charge is -2.41. The monoisotopic (exact) mass is 623 g/mol. The zero-order valence-corrected chi connectivity index (χ0v) is 26.6. The van der Waals surface area contributed by atoms with Crippen molar-refractivity contribution in [3.8, 4) is 0 Å². The molecule has 3 aromatic rings. The number of carbonyl (C=O) groups excluding carboxylic acids is 3. The number of hydrogen-bond donors (Lipinski definition) is 1. The molecule has 0 spiro atoms. The Morgan fingerprint density at radius 3 is 2.13 bits per heavy atom. The quantitative estimate of drug-likeness (QED) is 0.374. The third-order valence-electron chi connectivity index (χ3n) is 9.24. The van der Waals surface area contributed by atoms with Gasteiger partial charge in [-0.3, -0.25) is 19.3 Å². The van der Waals surface area contributed by atoms with E-state index in [0.29, 0.717) is 31.4 Å². The van der Waals surface area contributed by atoms with E-state index in [9.17, 15) is 24.3 Å². The van der Waals surface area contributed by atoms with Crippen molar-refractivity contribution in [2.24, 2.45) is 5.41 Å². The van der Waals surface area contributed by atoms with E-state index in [4.69, 9.17) is 4.74 Å². The molecule has 240 valence electrons. The molecule has 9 heteroatoms. The fourth-order valence-corrected chi connectivity index (χ4v) is 7.11. The lowest BCUT2D eigenvalue weighted by Crippen LogP contribution is -2.57. The topological polar surface area (TPSA) is 107 Å². The highest BCUT2D eigenvalue weighted by Crippen LogP contribution is 2.42. The van der Waals surface area contributed by atoms with E-state index >= 15 is 0 Å². The summed E-state index contributed by atoms with van der Waals surface area (Å²) in [6, 6.07) is 22.3. The molecule has 1 saturated heterocycles. The van der Waals surface area contributed by atoms with Crippen LogP contribution in [-0.4, -0.2) is 63.5 Å². The van der Waals surface area contributed by atoms with Gasteiger partial charge in [-0.15, -0.1) is 0 Å². The number of rotatable bonds is 6. The molecule has 4 atom stereocenters. The third kappa shape index (κ3) is 6.23. The predicted octanol–water partition coefficient (Wildman–Crippen LogP) is 5.76. The van der Waals surface area contributed by atoms with Crippen LogP contribution >= 0.6 is 0 Å². The zero-order valence-electron chi connectivity index (χ0n) is 26.6. The number of para-hydroxylation sites is 1. The smallest absolute Gasteiger partial charge is 0.415 e. The molecule has 0 aromatic heterocycles. The highest BCUT2D eigenvalue weighted by molar-refractivity contribution is 6.02. The minimum Gasteiger partial charge on any atom is -0.481 e. The summed E-state index contributed by atoms with van der Waals surface area (Å²) in [5.41, 5.74) is 4.15. The average Bonchev–Trinajstić information content (AvgIpc) is 3.65. The molecule has 1 N–H and O–H groups in total. The van der Waals surface area contributed by atoms with Crippen LogP contribution in [-0.2, 0) is 38.5 Å². The molecule has 46 heavy (non-hydrogen) atoms. The highest BCUT2D eigenvalue weighted by atomic mass is 16.6. The molecule has 6 rings (SSSR count). The van der Waals surface area contributed by atoms with Crippen molar-refractivity contribution in [3.63, 3.8) is 0 Å². The highest BCUT2D eigenvalue weighted by Gasteiger charge is 2.50. The van der Waals surface area contributed by atoms with Crippen LogP contribution in [0.3, 0.4) is 0 Å². The number of fused-ring (bicyclic) bond motifs is 2. The molecule has 3 aliphatic heterocycles. The second-order valence-corrected chi connectivity index (χ2v) is 13.8. The number of benzene rings is 3. The number of ether oxygens (including phenoxy) is 1. The fourth-order valence-electron chi connectivity index (χ4n) is 7.11. The second-order valence-electron chi connectivity index (χ2n) is 13.8. The van der Waals surface area contributed by atoms with Gasteiger partial charge in [-0.25, -0.2) is 4.79 Å². The Hall–Kier alpha value is -4.66. The molecule has 9 nitrogen and oxygen atoms in total. The summed E-state index contributed by atoms with van der Waals surface area (Å²) < 4.78 is 5.74. The summed E-state index contributed by atoms with van der Waals surface area (Å²) >= 11 is 0. The molecule has 3 aliphatic rings. The number of anilines is 1. The first-order valence-electron chi connectivity index (χ1n) is 16.0. The first kappa shape index (κ1) is 31.3. The Balaban J connectivity index is 1.36. The Morgan fingerprint density at radius 1 is 0.783 bits per heavy atom. The number of carboxylic acid groups (broad SMARTS) is 1. The van der Waals surface area contributed by atoms with Crippen LogP contribution in [0.2, 0.25) is 0 Å². The van der Waals surface area contributed by atoms with E-state index in [-0.39, 0.29) is 42.8 Å². The van der Waals surface area contributed by atoms with Gasteiger partial charge >= 0.3 is 12.1 Å². The SMILES string of the molecule is CC(C)(C)COC(=O)N1c2ccccc2C[C@@H]1C(=O)N1[C@@H](C(=O)N2Cc3ccccc3C[C@@H]2CC(=O)O)CC[C@H]1c1ccccc1. The minimum absolute atomic E-state index is 0.185. The van der Waals surface area contributed by atoms with Gasteiger partial charge in [0.15, 0.2) is 0 Å². The summed E-state index contributed by atoms with van der Waals surface area (Å²) in [4.78, 5) is 59.9. The van der Waals surface area contributed by atoms with Gasteiger partial charge in [0.25, 0.3) is 0 Å². The van der Waals surface area contributed by atoms with Crippen molar-refractivity contribution < 1.29 is 29.0 Å². The number of nitrogens with zero attached hydrogens (tertiary/aromatic N) is 3. The number of aliphatic carboxylic acids is 1. The normalized spacial score (nSPS) is 22.3. The largest absolute Gasteiger partial charge is 0.481 e. The molecular formula is C37H41N3O6. The van der Waals surface area contributed by atoms with Gasteiger partial charge in [-0.2, -0.15) is 0 Å². The van der Waals surface area contributed by atoms with Crippen molar-refractivity contribution in [3.05, 3.63) is 101 Å². The lowest BCUT2D eigenvalue weighted by atomic mass is 9.91. The van der Waals surface area contributed by atoms with E-state index in [1.807, 2.05) is 99.6 Å². The van der Waals surface area contributed by atoms with Crippen LogP contribution in [0.4, 0.5) is 10.5 Å². The fraction of sp³-hybridized carbons (Fsp3) is 0.405. The first-order valence-corrected chi connectivity index (χ1v) is 16.0. The summed E-state index contributed by atoms with van der Waals surface area (Å²) in [5.74, 6) is -1.55. The van der Waals surface area contributed by atoms with Crippen molar-refractivity contribution >= 4 is 29.6 Å². The Bertz CT molecular complexity index is 1630. The molecule has 0 bridgehead atoms. The third-order valence-corrected chi connectivity index (χ3v) is 9.24. The lowest BCUT2D eigenvalue weighted by molar-refractivity contribution is -0.150.